The van der Waals surface area contributed by atoms with Crippen molar-refractivity contribution in [2.45, 2.75) is 0 Å². The van der Waals surface area contributed by atoms with E-state index in [4.69, 9.17) is 19.5 Å². The molecular weight excluding hydrogens is 378 g/mol. The Bertz CT molecular complexity index is 963. The topological polar surface area (TPSA) is 141 Å². The molecule has 0 radical (unpaired) electrons. The monoisotopic (exact) mass is 389 g/mol. The Balaban J connectivity index is 1.71. The smallest absolute Gasteiger partial charge is 0.345 e. The number of benzene rings is 1. The van der Waals surface area contributed by atoms with Gasteiger partial charge in [0.15, 0.2) is 18.1 Å². The van der Waals surface area contributed by atoms with E-state index in [1.807, 2.05) is 6.07 Å². The molecule has 0 saturated carbocycles. The molecule has 2 heterocycles. The molecule has 1 amide bonds. The number of nitro benzene ring substituents is 1. The van der Waals surface area contributed by atoms with Crippen LogP contribution in [0.3, 0.4) is 0 Å². The molecule has 1 aliphatic heterocycles. The summed E-state index contributed by atoms with van der Waals surface area (Å²) in [5.74, 6) is -1.40. The van der Waals surface area contributed by atoms with E-state index in [2.05, 4.69) is 5.32 Å². The number of amides is 1. The molecule has 1 aromatic carbocycles. The normalized spacial score (nSPS) is 12.0. The molecule has 27 heavy (non-hydrogen) atoms. The predicted molar refractivity (Wildman–Crippen MR) is 92.0 cm³/mol. The number of fused-ring (bicyclic) bond motifs is 1. The van der Waals surface area contributed by atoms with Crippen LogP contribution in [0.2, 0.25) is 0 Å². The summed E-state index contributed by atoms with van der Waals surface area (Å²) in [6, 6.07) is 5.67. The molecule has 0 saturated heterocycles. The molecule has 0 bridgehead atoms. The Morgan fingerprint density at radius 3 is 2.70 bits per heavy atom. The van der Waals surface area contributed by atoms with Crippen LogP contribution in [0.15, 0.2) is 23.6 Å². The van der Waals surface area contributed by atoms with Crippen molar-refractivity contribution in [3.05, 3.63) is 44.8 Å². The Morgan fingerprint density at radius 2 is 2.04 bits per heavy atom. The fraction of sp³-hybridized carbons (Fsp3) is 0.188. The summed E-state index contributed by atoms with van der Waals surface area (Å²) >= 11 is 1.14. The maximum absolute atomic E-state index is 12.2. The first-order valence-electron chi connectivity index (χ1n) is 7.52. The third kappa shape index (κ3) is 3.96. The first kappa shape index (κ1) is 18.2. The van der Waals surface area contributed by atoms with Crippen LogP contribution in [0.5, 0.6) is 11.5 Å². The summed E-state index contributed by atoms with van der Waals surface area (Å²) in [6.07, 6.45) is 0. The Labute approximate surface area is 156 Å². The minimum Gasteiger partial charge on any atom is -0.486 e. The van der Waals surface area contributed by atoms with E-state index in [-0.39, 0.29) is 35.8 Å². The number of carbonyl (C=O) groups excluding carboxylic acids is 2. The molecule has 2 aromatic rings. The number of nitrogens with zero attached hydrogens (tertiary/aromatic N) is 2. The highest BCUT2D eigenvalue weighted by molar-refractivity contribution is 7.14. The van der Waals surface area contributed by atoms with Crippen LogP contribution in [0.1, 0.15) is 15.9 Å². The maximum atomic E-state index is 12.2. The zero-order valence-corrected chi connectivity index (χ0v) is 14.4. The van der Waals surface area contributed by atoms with E-state index in [0.29, 0.717) is 5.00 Å². The van der Waals surface area contributed by atoms with E-state index in [0.717, 1.165) is 23.5 Å². The highest BCUT2D eigenvalue weighted by atomic mass is 32.1. The summed E-state index contributed by atoms with van der Waals surface area (Å²) in [4.78, 5) is 34.6. The molecule has 1 N–H and O–H groups in total. The number of anilines is 1. The van der Waals surface area contributed by atoms with Gasteiger partial charge in [0.05, 0.1) is 16.6 Å². The van der Waals surface area contributed by atoms with E-state index < -0.39 is 29.1 Å². The number of ether oxygens (including phenoxy) is 3. The van der Waals surface area contributed by atoms with Gasteiger partial charge in [-0.2, -0.15) is 5.26 Å². The number of hydrogen-bond acceptors (Lipinski definition) is 9. The van der Waals surface area contributed by atoms with Crippen LogP contribution >= 0.6 is 11.3 Å². The molecule has 0 aliphatic carbocycles. The first-order valence-corrected chi connectivity index (χ1v) is 8.40. The molecule has 3 rings (SSSR count). The molecule has 11 heteroatoms. The highest BCUT2D eigenvalue weighted by Gasteiger charge is 2.27. The molecule has 0 fully saturated rings. The van der Waals surface area contributed by atoms with Crippen molar-refractivity contribution in [2.75, 3.05) is 25.1 Å². The quantitative estimate of drug-likeness (QED) is 0.465. The molecule has 138 valence electrons. The van der Waals surface area contributed by atoms with Crippen LogP contribution < -0.4 is 14.8 Å². The van der Waals surface area contributed by atoms with Gasteiger partial charge in [-0.15, -0.1) is 11.3 Å². The van der Waals surface area contributed by atoms with E-state index in [1.165, 1.54) is 6.07 Å². The van der Waals surface area contributed by atoms with Gasteiger partial charge in [-0.25, -0.2) is 4.79 Å². The van der Waals surface area contributed by atoms with Crippen LogP contribution in [-0.4, -0.2) is 36.6 Å². The van der Waals surface area contributed by atoms with Gasteiger partial charge in [0, 0.05) is 6.07 Å². The fourth-order valence-corrected chi connectivity index (χ4v) is 3.01. The lowest BCUT2D eigenvalue weighted by atomic mass is 10.1. The van der Waals surface area contributed by atoms with Gasteiger partial charge in [-0.05, 0) is 11.4 Å². The van der Waals surface area contributed by atoms with Gasteiger partial charge in [0.25, 0.3) is 11.6 Å². The molecule has 0 unspecified atom stereocenters. The average molecular weight is 389 g/mol. The van der Waals surface area contributed by atoms with Crippen LogP contribution in [0.4, 0.5) is 10.7 Å². The van der Waals surface area contributed by atoms with Crippen molar-refractivity contribution in [3.63, 3.8) is 0 Å². The van der Waals surface area contributed by atoms with Crippen molar-refractivity contribution >= 4 is 33.9 Å². The van der Waals surface area contributed by atoms with Gasteiger partial charge < -0.3 is 19.5 Å². The molecule has 10 nitrogen and oxygen atoms in total. The predicted octanol–water partition coefficient (Wildman–Crippen LogP) is 2.09. The van der Waals surface area contributed by atoms with Crippen molar-refractivity contribution in [3.8, 4) is 17.6 Å². The second-order valence-electron chi connectivity index (χ2n) is 5.17. The molecule has 0 atom stereocenters. The maximum Gasteiger partial charge on any atom is 0.345 e. The van der Waals surface area contributed by atoms with E-state index >= 15 is 0 Å². The Hall–Kier alpha value is -3.65. The zero-order chi connectivity index (χ0) is 19.4. The number of thiophene rings is 1. The number of hydrogen-bond donors (Lipinski definition) is 1. The van der Waals surface area contributed by atoms with E-state index in [1.54, 1.807) is 5.38 Å². The van der Waals surface area contributed by atoms with E-state index in [9.17, 15) is 19.7 Å². The first-order chi connectivity index (χ1) is 13.0. The fourth-order valence-electron chi connectivity index (χ4n) is 2.26. The minimum atomic E-state index is -1.06. The molecule has 0 spiro atoms. The highest BCUT2D eigenvalue weighted by Crippen LogP contribution is 2.36. The number of rotatable bonds is 5. The zero-order valence-electron chi connectivity index (χ0n) is 13.6. The van der Waals surface area contributed by atoms with Crippen molar-refractivity contribution in [2.24, 2.45) is 0 Å². The summed E-state index contributed by atoms with van der Waals surface area (Å²) < 4.78 is 15.4. The number of nitrogens with one attached hydrogen (secondary N) is 1. The number of carbonyl (C=O) groups is 2. The third-order valence-corrected chi connectivity index (χ3v) is 4.28. The van der Waals surface area contributed by atoms with Gasteiger partial charge in [0.1, 0.15) is 29.8 Å². The number of nitro groups is 1. The largest absolute Gasteiger partial charge is 0.486 e. The molecule has 1 aliphatic rings. The third-order valence-electron chi connectivity index (χ3n) is 3.45. The number of esters is 1. The average Bonchev–Trinajstić information content (AvgIpc) is 3.12. The Morgan fingerprint density at radius 1 is 1.33 bits per heavy atom. The van der Waals surface area contributed by atoms with Gasteiger partial charge in [0.2, 0.25) is 0 Å². The standard InChI is InChI=1S/C16H11N3O7S/c17-7-9-1-4-27-15(9)18-14(20)8-26-16(21)10-5-12-13(25-3-2-24-12)6-11(10)19(22)23/h1,4-6H,2-3,8H2,(H,18,20). The Kier molecular flexibility index (Phi) is 5.18. The van der Waals surface area contributed by atoms with Crippen LogP contribution in [0, 0.1) is 21.4 Å². The summed E-state index contributed by atoms with van der Waals surface area (Å²) in [5, 5.41) is 24.5. The molecular formula is C16H11N3O7S. The minimum absolute atomic E-state index is 0.156. The second-order valence-corrected chi connectivity index (χ2v) is 6.09. The molecule has 1 aromatic heterocycles. The van der Waals surface area contributed by atoms with Gasteiger partial charge >= 0.3 is 5.97 Å². The second kappa shape index (κ2) is 7.71. The van der Waals surface area contributed by atoms with Gasteiger partial charge in [-0.3, -0.25) is 14.9 Å². The lowest BCUT2D eigenvalue weighted by Crippen LogP contribution is -2.22. The summed E-state index contributed by atoms with van der Waals surface area (Å²) in [7, 11) is 0. The van der Waals surface area contributed by atoms with Crippen LogP contribution in [-0.2, 0) is 9.53 Å². The van der Waals surface area contributed by atoms with Crippen LogP contribution in [0.25, 0.3) is 0 Å². The van der Waals surface area contributed by atoms with Crippen molar-refractivity contribution < 1.29 is 28.7 Å². The lowest BCUT2D eigenvalue weighted by molar-refractivity contribution is -0.385. The van der Waals surface area contributed by atoms with Crippen molar-refractivity contribution in [1.82, 2.24) is 0 Å². The summed E-state index contributed by atoms with van der Waals surface area (Å²) in [6.45, 7) is -0.196. The summed E-state index contributed by atoms with van der Waals surface area (Å²) in [5.41, 5.74) is -0.595. The van der Waals surface area contributed by atoms with Gasteiger partial charge in [-0.1, -0.05) is 0 Å². The van der Waals surface area contributed by atoms with Crippen molar-refractivity contribution in [1.29, 1.82) is 5.26 Å². The SMILES string of the molecule is N#Cc1ccsc1NC(=O)COC(=O)c1cc2c(cc1[N+](=O)[O-])OCCO2. The lowest BCUT2D eigenvalue weighted by Gasteiger charge is -2.18. The number of nitriles is 1.